The molecule has 0 spiro atoms. The maximum atomic E-state index is 12.4. The number of carbonyl (C=O) groups is 2. The van der Waals surface area contributed by atoms with Gasteiger partial charge in [-0.1, -0.05) is 25.3 Å². The molecule has 2 aliphatic rings. The maximum Gasteiger partial charge on any atom is 0.234 e. The van der Waals surface area contributed by atoms with Gasteiger partial charge >= 0.3 is 0 Å². The lowest BCUT2D eigenvalue weighted by Crippen LogP contribution is -2.51. The Labute approximate surface area is 133 Å². The zero-order valence-corrected chi connectivity index (χ0v) is 13.6. The van der Waals surface area contributed by atoms with E-state index in [1.807, 2.05) is 4.90 Å². The summed E-state index contributed by atoms with van der Waals surface area (Å²) in [5.74, 6) is 0.938. The highest BCUT2D eigenvalue weighted by Crippen LogP contribution is 2.26. The highest BCUT2D eigenvalue weighted by Gasteiger charge is 2.25. The van der Waals surface area contributed by atoms with Gasteiger partial charge in [0.15, 0.2) is 0 Å². The predicted molar refractivity (Wildman–Crippen MR) is 87.4 cm³/mol. The molecule has 1 N–H and O–H groups in total. The van der Waals surface area contributed by atoms with Gasteiger partial charge < -0.3 is 10.2 Å². The van der Waals surface area contributed by atoms with Crippen molar-refractivity contribution in [1.29, 1.82) is 0 Å². The van der Waals surface area contributed by atoms with Crippen molar-refractivity contribution in [2.75, 3.05) is 39.3 Å². The smallest absolute Gasteiger partial charge is 0.234 e. The van der Waals surface area contributed by atoms with E-state index in [0.717, 1.165) is 32.6 Å². The van der Waals surface area contributed by atoms with Gasteiger partial charge in [0.1, 0.15) is 0 Å². The molecule has 1 aliphatic carbocycles. The lowest BCUT2D eigenvalue weighted by Gasteiger charge is -2.35. The monoisotopic (exact) mass is 307 g/mol. The van der Waals surface area contributed by atoms with E-state index >= 15 is 0 Å². The Hall–Kier alpha value is -1.36. The van der Waals surface area contributed by atoms with Crippen molar-refractivity contribution < 1.29 is 9.59 Å². The molecule has 2 amide bonds. The maximum absolute atomic E-state index is 12.4. The third kappa shape index (κ3) is 5.44. The van der Waals surface area contributed by atoms with Crippen LogP contribution in [-0.2, 0) is 9.59 Å². The normalized spacial score (nSPS) is 20.6. The van der Waals surface area contributed by atoms with Crippen LogP contribution in [0, 0.1) is 5.92 Å². The summed E-state index contributed by atoms with van der Waals surface area (Å²) in [6, 6.07) is 0. The minimum atomic E-state index is 0.0295. The highest BCUT2D eigenvalue weighted by atomic mass is 16.2. The number of hydrogen-bond donors (Lipinski definition) is 1. The number of nitrogens with one attached hydrogen (secondary N) is 1. The molecule has 5 nitrogen and oxygen atoms in total. The number of nitrogens with zero attached hydrogens (tertiary/aromatic N) is 2. The summed E-state index contributed by atoms with van der Waals surface area (Å²) >= 11 is 0. The Bertz CT molecular complexity index is 383. The first-order valence-electron chi connectivity index (χ1n) is 8.56. The zero-order chi connectivity index (χ0) is 15.8. The zero-order valence-electron chi connectivity index (χ0n) is 13.6. The van der Waals surface area contributed by atoms with Crippen LogP contribution in [0.4, 0.5) is 0 Å². The highest BCUT2D eigenvalue weighted by molar-refractivity contribution is 5.78. The lowest BCUT2D eigenvalue weighted by molar-refractivity contribution is -0.134. The van der Waals surface area contributed by atoms with Crippen molar-refractivity contribution in [2.24, 2.45) is 5.92 Å². The van der Waals surface area contributed by atoms with E-state index in [0.29, 0.717) is 24.9 Å². The third-order valence-corrected chi connectivity index (χ3v) is 4.72. The average Bonchev–Trinajstić information content (AvgIpc) is 2.54. The van der Waals surface area contributed by atoms with E-state index in [9.17, 15) is 9.59 Å². The van der Waals surface area contributed by atoms with E-state index < -0.39 is 0 Å². The second-order valence-corrected chi connectivity index (χ2v) is 6.46. The fourth-order valence-corrected chi connectivity index (χ4v) is 3.37. The van der Waals surface area contributed by atoms with Gasteiger partial charge in [-0.05, 0) is 18.8 Å². The molecule has 0 aromatic carbocycles. The van der Waals surface area contributed by atoms with Crippen molar-refractivity contribution >= 4 is 11.8 Å². The molecule has 0 radical (unpaired) electrons. The molecule has 1 saturated carbocycles. The van der Waals surface area contributed by atoms with Gasteiger partial charge in [0.05, 0.1) is 6.54 Å². The van der Waals surface area contributed by atoms with Gasteiger partial charge in [-0.25, -0.2) is 0 Å². The van der Waals surface area contributed by atoms with Crippen molar-refractivity contribution in [3.05, 3.63) is 12.7 Å². The Balaban J connectivity index is 1.66. The minimum Gasteiger partial charge on any atom is -0.352 e. The Kier molecular flexibility index (Phi) is 6.90. The van der Waals surface area contributed by atoms with Crippen LogP contribution < -0.4 is 5.32 Å². The molecule has 0 aromatic heterocycles. The van der Waals surface area contributed by atoms with Gasteiger partial charge in [-0.15, -0.1) is 6.58 Å². The van der Waals surface area contributed by atoms with Crippen molar-refractivity contribution in [3.63, 3.8) is 0 Å². The molecule has 2 rings (SSSR count). The van der Waals surface area contributed by atoms with Gasteiger partial charge in [-0.2, -0.15) is 0 Å². The lowest BCUT2D eigenvalue weighted by atomic mass is 9.86. The molecule has 0 atom stereocenters. The SMILES string of the molecule is C=CCNC(=O)CN1CCN(C(=O)CC2CCCCC2)CC1. The van der Waals surface area contributed by atoms with Crippen molar-refractivity contribution in [3.8, 4) is 0 Å². The second-order valence-electron chi connectivity index (χ2n) is 6.46. The molecule has 124 valence electrons. The van der Waals surface area contributed by atoms with E-state index in [1.54, 1.807) is 6.08 Å². The Morgan fingerprint density at radius 2 is 1.77 bits per heavy atom. The molecule has 0 bridgehead atoms. The number of hydrogen-bond acceptors (Lipinski definition) is 3. The summed E-state index contributed by atoms with van der Waals surface area (Å²) in [5.41, 5.74) is 0. The quantitative estimate of drug-likeness (QED) is 0.755. The summed E-state index contributed by atoms with van der Waals surface area (Å²) in [5, 5.41) is 2.79. The van der Waals surface area contributed by atoms with Gasteiger partial charge in [0.25, 0.3) is 0 Å². The Morgan fingerprint density at radius 3 is 2.41 bits per heavy atom. The van der Waals surface area contributed by atoms with Gasteiger partial charge in [0, 0.05) is 39.1 Å². The summed E-state index contributed by atoms with van der Waals surface area (Å²) in [4.78, 5) is 28.1. The van der Waals surface area contributed by atoms with Gasteiger partial charge in [-0.3, -0.25) is 14.5 Å². The van der Waals surface area contributed by atoms with E-state index in [1.165, 1.54) is 32.1 Å². The van der Waals surface area contributed by atoms with Crippen molar-refractivity contribution in [1.82, 2.24) is 15.1 Å². The average molecular weight is 307 g/mol. The van der Waals surface area contributed by atoms with Crippen LogP contribution >= 0.6 is 0 Å². The van der Waals surface area contributed by atoms with Crippen LogP contribution in [0.15, 0.2) is 12.7 Å². The first kappa shape index (κ1) is 17.0. The molecular weight excluding hydrogens is 278 g/mol. The molecular formula is C17H29N3O2. The van der Waals surface area contributed by atoms with E-state index in [4.69, 9.17) is 0 Å². The summed E-state index contributed by atoms with van der Waals surface area (Å²) < 4.78 is 0. The summed E-state index contributed by atoms with van der Waals surface area (Å²) in [6.45, 7) is 7.59. The van der Waals surface area contributed by atoms with Crippen LogP contribution in [0.1, 0.15) is 38.5 Å². The molecule has 1 saturated heterocycles. The molecule has 22 heavy (non-hydrogen) atoms. The third-order valence-electron chi connectivity index (χ3n) is 4.72. The van der Waals surface area contributed by atoms with E-state index in [-0.39, 0.29) is 5.91 Å². The van der Waals surface area contributed by atoms with Crippen LogP contribution in [0.25, 0.3) is 0 Å². The topological polar surface area (TPSA) is 52.7 Å². The summed E-state index contributed by atoms with van der Waals surface area (Å²) in [6.07, 6.45) is 8.73. The fourth-order valence-electron chi connectivity index (χ4n) is 3.37. The molecule has 5 heteroatoms. The van der Waals surface area contributed by atoms with Crippen molar-refractivity contribution in [2.45, 2.75) is 38.5 Å². The molecule has 1 heterocycles. The minimum absolute atomic E-state index is 0.0295. The van der Waals surface area contributed by atoms with Crippen LogP contribution in [0.2, 0.25) is 0 Å². The van der Waals surface area contributed by atoms with Crippen LogP contribution in [0.5, 0.6) is 0 Å². The first-order valence-corrected chi connectivity index (χ1v) is 8.56. The molecule has 1 aliphatic heterocycles. The van der Waals surface area contributed by atoms with Crippen LogP contribution in [-0.4, -0.2) is 60.9 Å². The Morgan fingerprint density at radius 1 is 1.09 bits per heavy atom. The second kappa shape index (κ2) is 8.93. The first-order chi connectivity index (χ1) is 10.7. The number of rotatable bonds is 6. The predicted octanol–water partition coefficient (Wildman–Crippen LogP) is 1.40. The number of piperazine rings is 1. The number of carbonyl (C=O) groups excluding carboxylic acids is 2. The summed E-state index contributed by atoms with van der Waals surface area (Å²) in [7, 11) is 0. The van der Waals surface area contributed by atoms with Gasteiger partial charge in [0.2, 0.25) is 11.8 Å². The standard InChI is InChI=1S/C17H29N3O2/c1-2-8-18-16(21)14-19-9-11-20(12-10-19)17(22)13-15-6-4-3-5-7-15/h2,15H,1,3-14H2,(H,18,21). The van der Waals surface area contributed by atoms with Crippen LogP contribution in [0.3, 0.4) is 0 Å². The van der Waals surface area contributed by atoms with E-state index in [2.05, 4.69) is 16.8 Å². The molecule has 0 aromatic rings. The largest absolute Gasteiger partial charge is 0.352 e. The molecule has 2 fully saturated rings. The number of amides is 2. The fraction of sp³-hybridized carbons (Fsp3) is 0.765. The molecule has 0 unspecified atom stereocenters.